The molecule has 3 rings (SSSR count). The average molecular weight is 291 g/mol. The molecule has 2 aromatic rings. The van der Waals surface area contributed by atoms with Gasteiger partial charge in [-0.25, -0.2) is 9.97 Å². The Balaban J connectivity index is 1.52. The minimum atomic E-state index is 0.402. The molecule has 1 aliphatic heterocycles. The highest BCUT2D eigenvalue weighted by molar-refractivity contribution is 7.99. The average Bonchev–Trinajstić information content (AvgIpc) is 3.10. The molecule has 0 aromatic carbocycles. The highest BCUT2D eigenvalue weighted by Crippen LogP contribution is 2.24. The van der Waals surface area contributed by atoms with Crippen LogP contribution in [0.2, 0.25) is 0 Å². The molecule has 1 atom stereocenters. The van der Waals surface area contributed by atoms with Crippen LogP contribution < -0.4 is 5.32 Å². The molecule has 0 radical (unpaired) electrons. The number of aromatic nitrogens is 4. The predicted molar refractivity (Wildman–Crippen MR) is 80.9 cm³/mol. The Morgan fingerprint density at radius 3 is 3.20 bits per heavy atom. The Hall–Kier alpha value is -1.27. The van der Waals surface area contributed by atoms with Crippen LogP contribution in [-0.2, 0) is 26.1 Å². The molecule has 108 valence electrons. The molecule has 0 fully saturated rings. The van der Waals surface area contributed by atoms with E-state index in [9.17, 15) is 0 Å². The van der Waals surface area contributed by atoms with E-state index >= 15 is 0 Å². The first-order valence-electron chi connectivity index (χ1n) is 7.18. The van der Waals surface area contributed by atoms with Gasteiger partial charge in [0, 0.05) is 56.4 Å². The summed E-state index contributed by atoms with van der Waals surface area (Å²) >= 11 is 1.84. The maximum atomic E-state index is 4.64. The van der Waals surface area contributed by atoms with Crippen molar-refractivity contribution in [2.45, 2.75) is 51.1 Å². The lowest BCUT2D eigenvalue weighted by molar-refractivity contribution is 0.465. The Morgan fingerprint density at radius 2 is 2.40 bits per heavy atom. The molecule has 3 heterocycles. The fourth-order valence-electron chi connectivity index (χ4n) is 2.51. The molecule has 2 aromatic heterocycles. The van der Waals surface area contributed by atoms with Crippen molar-refractivity contribution in [2.75, 3.05) is 5.75 Å². The van der Waals surface area contributed by atoms with Crippen molar-refractivity contribution >= 4 is 11.8 Å². The molecule has 0 spiro atoms. The monoisotopic (exact) mass is 291 g/mol. The quantitative estimate of drug-likeness (QED) is 0.883. The lowest BCUT2D eigenvalue weighted by Gasteiger charge is -2.15. The van der Waals surface area contributed by atoms with Crippen LogP contribution in [0.3, 0.4) is 0 Å². The highest BCUT2D eigenvalue weighted by atomic mass is 32.2. The van der Waals surface area contributed by atoms with Crippen LogP contribution in [0.15, 0.2) is 23.7 Å². The molecule has 5 nitrogen and oxygen atoms in total. The van der Waals surface area contributed by atoms with Gasteiger partial charge in [0.15, 0.2) is 5.16 Å². The predicted octanol–water partition coefficient (Wildman–Crippen LogP) is 1.93. The summed E-state index contributed by atoms with van der Waals surface area (Å²) in [5, 5.41) is 4.71. The van der Waals surface area contributed by atoms with E-state index in [-0.39, 0.29) is 0 Å². The van der Waals surface area contributed by atoms with Gasteiger partial charge in [-0.1, -0.05) is 18.7 Å². The summed E-state index contributed by atoms with van der Waals surface area (Å²) in [4.78, 5) is 8.99. The largest absolute Gasteiger partial charge is 0.333 e. The van der Waals surface area contributed by atoms with Crippen molar-refractivity contribution in [3.8, 4) is 0 Å². The molecular weight excluding hydrogens is 270 g/mol. The van der Waals surface area contributed by atoms with Gasteiger partial charge in [-0.2, -0.15) is 0 Å². The molecule has 1 aliphatic rings. The summed E-state index contributed by atoms with van der Waals surface area (Å²) in [5.74, 6) is 2.31. The number of nitrogens with zero attached hydrogens (tertiary/aromatic N) is 4. The van der Waals surface area contributed by atoms with Crippen LogP contribution in [0.4, 0.5) is 0 Å². The van der Waals surface area contributed by atoms with E-state index in [0.29, 0.717) is 6.04 Å². The van der Waals surface area contributed by atoms with Crippen LogP contribution in [0, 0.1) is 0 Å². The second kappa shape index (κ2) is 6.01. The van der Waals surface area contributed by atoms with Gasteiger partial charge in [-0.05, 0) is 6.92 Å². The summed E-state index contributed by atoms with van der Waals surface area (Å²) < 4.78 is 4.47. The first-order chi connectivity index (χ1) is 9.76. The summed E-state index contributed by atoms with van der Waals surface area (Å²) in [7, 11) is 0. The number of thioether (sulfide) groups is 1. The number of aryl methyl sites for hydroxylation is 2. The normalized spacial score (nSPS) is 15.5. The van der Waals surface area contributed by atoms with Gasteiger partial charge < -0.3 is 14.5 Å². The number of imidazole rings is 2. The summed E-state index contributed by atoms with van der Waals surface area (Å²) in [6, 6.07) is 0.402. The van der Waals surface area contributed by atoms with Gasteiger partial charge in [0.1, 0.15) is 5.82 Å². The van der Waals surface area contributed by atoms with Crippen molar-refractivity contribution in [1.29, 1.82) is 0 Å². The van der Waals surface area contributed by atoms with E-state index in [2.05, 4.69) is 50.7 Å². The lowest BCUT2D eigenvalue weighted by atomic mass is 10.3. The fraction of sp³-hybridized carbons (Fsp3) is 0.571. The summed E-state index contributed by atoms with van der Waals surface area (Å²) in [6.45, 7) is 7.22. The van der Waals surface area contributed by atoms with Gasteiger partial charge in [-0.15, -0.1) is 0 Å². The Morgan fingerprint density at radius 1 is 1.50 bits per heavy atom. The SMILES string of the molecule is CCc1nccn1CC(C)NCc1cn2c(n1)SCC2. The van der Waals surface area contributed by atoms with Crippen LogP contribution in [0.25, 0.3) is 0 Å². The van der Waals surface area contributed by atoms with Gasteiger partial charge in [0.2, 0.25) is 0 Å². The van der Waals surface area contributed by atoms with E-state index in [1.54, 1.807) is 0 Å². The van der Waals surface area contributed by atoms with E-state index in [1.165, 1.54) is 0 Å². The van der Waals surface area contributed by atoms with E-state index < -0.39 is 0 Å². The van der Waals surface area contributed by atoms with Gasteiger partial charge in [-0.3, -0.25) is 0 Å². The number of rotatable bonds is 6. The number of fused-ring (bicyclic) bond motifs is 1. The third-order valence-electron chi connectivity index (χ3n) is 3.57. The second-order valence-corrected chi connectivity index (χ2v) is 6.25. The minimum absolute atomic E-state index is 0.402. The van der Waals surface area contributed by atoms with Crippen molar-refractivity contribution < 1.29 is 0 Å². The zero-order valence-corrected chi connectivity index (χ0v) is 12.9. The van der Waals surface area contributed by atoms with Gasteiger partial charge in [0.05, 0.1) is 5.69 Å². The molecule has 20 heavy (non-hydrogen) atoms. The van der Waals surface area contributed by atoms with Gasteiger partial charge >= 0.3 is 0 Å². The van der Waals surface area contributed by atoms with E-state index in [0.717, 1.165) is 48.5 Å². The third kappa shape index (κ3) is 2.91. The van der Waals surface area contributed by atoms with Crippen molar-refractivity contribution in [2.24, 2.45) is 0 Å². The number of hydrogen-bond acceptors (Lipinski definition) is 4. The van der Waals surface area contributed by atoms with Crippen LogP contribution in [0.5, 0.6) is 0 Å². The Kier molecular flexibility index (Phi) is 4.12. The molecule has 6 heteroatoms. The van der Waals surface area contributed by atoms with Crippen LogP contribution in [-0.4, -0.2) is 30.9 Å². The van der Waals surface area contributed by atoms with Crippen molar-refractivity contribution in [1.82, 2.24) is 24.4 Å². The van der Waals surface area contributed by atoms with Crippen molar-refractivity contribution in [3.05, 3.63) is 30.1 Å². The molecule has 0 amide bonds. The maximum Gasteiger partial charge on any atom is 0.168 e. The van der Waals surface area contributed by atoms with Crippen LogP contribution >= 0.6 is 11.8 Å². The lowest BCUT2D eigenvalue weighted by Crippen LogP contribution is -2.30. The Labute approximate surface area is 123 Å². The zero-order valence-electron chi connectivity index (χ0n) is 12.0. The third-order valence-corrected chi connectivity index (χ3v) is 4.54. The number of nitrogens with one attached hydrogen (secondary N) is 1. The molecule has 0 bridgehead atoms. The molecule has 1 N–H and O–H groups in total. The molecule has 0 saturated carbocycles. The summed E-state index contributed by atoms with van der Waals surface area (Å²) in [6.07, 6.45) is 7.08. The maximum absolute atomic E-state index is 4.64. The number of hydrogen-bond donors (Lipinski definition) is 1. The van der Waals surface area contributed by atoms with Gasteiger partial charge in [0.25, 0.3) is 0 Å². The molecule has 0 saturated heterocycles. The first kappa shape index (κ1) is 13.7. The smallest absolute Gasteiger partial charge is 0.168 e. The molecular formula is C14H21N5S. The molecule has 0 aliphatic carbocycles. The minimum Gasteiger partial charge on any atom is -0.333 e. The van der Waals surface area contributed by atoms with Crippen molar-refractivity contribution in [3.63, 3.8) is 0 Å². The van der Waals surface area contributed by atoms with E-state index in [1.807, 2.05) is 18.0 Å². The molecule has 1 unspecified atom stereocenters. The highest BCUT2D eigenvalue weighted by Gasteiger charge is 2.14. The van der Waals surface area contributed by atoms with E-state index in [4.69, 9.17) is 0 Å². The fourth-order valence-corrected chi connectivity index (χ4v) is 3.47. The zero-order chi connectivity index (χ0) is 13.9. The van der Waals surface area contributed by atoms with Crippen LogP contribution in [0.1, 0.15) is 25.4 Å². The Bertz CT molecular complexity index is 552. The summed E-state index contributed by atoms with van der Waals surface area (Å²) in [5.41, 5.74) is 1.14. The first-order valence-corrected chi connectivity index (χ1v) is 8.17. The topological polar surface area (TPSA) is 47.7 Å². The standard InChI is InChI=1S/C14H21N5S/c1-3-13-15-4-5-18(13)9-11(2)16-8-12-10-19-6-7-20-14(19)17-12/h4-5,10-11,16H,3,6-9H2,1-2H3. The second-order valence-electron chi connectivity index (χ2n) is 5.19.